The maximum atomic E-state index is 4.51. The number of anilines is 1. The van der Waals surface area contributed by atoms with Gasteiger partial charge in [0.15, 0.2) is 0 Å². The molecule has 2 rings (SSSR count). The van der Waals surface area contributed by atoms with E-state index < -0.39 is 0 Å². The van der Waals surface area contributed by atoms with Crippen LogP contribution in [0.3, 0.4) is 0 Å². The standard InChI is InChI=1S/C15H21N3/c1-11(2)18-10-9-15(17-18)16-13(4)14-8-6-5-7-12(14)3/h5-11,13H,1-4H3,(H,16,17). The second-order valence-corrected chi connectivity index (χ2v) is 5.00. The number of aromatic nitrogens is 2. The van der Waals surface area contributed by atoms with Crippen molar-refractivity contribution in [3.05, 3.63) is 47.7 Å². The van der Waals surface area contributed by atoms with E-state index in [1.165, 1.54) is 11.1 Å². The second-order valence-electron chi connectivity index (χ2n) is 5.00. The molecule has 2 aromatic rings. The van der Waals surface area contributed by atoms with E-state index in [2.05, 4.69) is 62.4 Å². The Morgan fingerprint density at radius 2 is 1.83 bits per heavy atom. The van der Waals surface area contributed by atoms with Crippen LogP contribution in [0.15, 0.2) is 36.5 Å². The van der Waals surface area contributed by atoms with Crippen LogP contribution in [0.2, 0.25) is 0 Å². The van der Waals surface area contributed by atoms with Crippen LogP contribution < -0.4 is 5.32 Å². The molecule has 1 aromatic carbocycles. The highest BCUT2D eigenvalue weighted by molar-refractivity contribution is 5.39. The first-order valence-electron chi connectivity index (χ1n) is 6.45. The van der Waals surface area contributed by atoms with Crippen molar-refractivity contribution in [3.8, 4) is 0 Å². The number of aryl methyl sites for hydroxylation is 1. The van der Waals surface area contributed by atoms with Gasteiger partial charge in [0.25, 0.3) is 0 Å². The first-order chi connectivity index (χ1) is 8.58. The Kier molecular flexibility index (Phi) is 3.70. The normalized spacial score (nSPS) is 12.7. The molecule has 0 bridgehead atoms. The molecule has 0 saturated heterocycles. The first-order valence-corrected chi connectivity index (χ1v) is 6.45. The summed E-state index contributed by atoms with van der Waals surface area (Å²) in [6.07, 6.45) is 2.01. The van der Waals surface area contributed by atoms with Crippen LogP contribution >= 0.6 is 0 Å². The van der Waals surface area contributed by atoms with E-state index in [9.17, 15) is 0 Å². The van der Waals surface area contributed by atoms with Crippen LogP contribution in [-0.4, -0.2) is 9.78 Å². The Labute approximate surface area is 109 Å². The Morgan fingerprint density at radius 1 is 1.11 bits per heavy atom. The minimum Gasteiger partial charge on any atom is -0.362 e. The van der Waals surface area contributed by atoms with Crippen molar-refractivity contribution < 1.29 is 0 Å². The largest absolute Gasteiger partial charge is 0.362 e. The number of nitrogens with zero attached hydrogens (tertiary/aromatic N) is 2. The third-order valence-corrected chi connectivity index (χ3v) is 3.16. The van der Waals surface area contributed by atoms with Crippen LogP contribution in [0.4, 0.5) is 5.82 Å². The van der Waals surface area contributed by atoms with Crippen molar-refractivity contribution in [2.24, 2.45) is 0 Å². The maximum absolute atomic E-state index is 4.51. The zero-order valence-corrected chi connectivity index (χ0v) is 11.5. The van der Waals surface area contributed by atoms with E-state index in [1.807, 2.05) is 16.9 Å². The fourth-order valence-electron chi connectivity index (χ4n) is 2.07. The molecule has 0 fully saturated rings. The van der Waals surface area contributed by atoms with Gasteiger partial charge in [-0.15, -0.1) is 0 Å². The van der Waals surface area contributed by atoms with Crippen molar-refractivity contribution in [2.75, 3.05) is 5.32 Å². The zero-order chi connectivity index (χ0) is 13.1. The van der Waals surface area contributed by atoms with Crippen LogP contribution in [0.25, 0.3) is 0 Å². The Hall–Kier alpha value is -1.77. The quantitative estimate of drug-likeness (QED) is 0.881. The molecule has 1 aromatic heterocycles. The smallest absolute Gasteiger partial charge is 0.148 e. The molecule has 0 aliphatic heterocycles. The molecular formula is C15H21N3. The molecule has 1 atom stereocenters. The predicted molar refractivity (Wildman–Crippen MR) is 75.8 cm³/mol. The number of hydrogen-bond acceptors (Lipinski definition) is 2. The average molecular weight is 243 g/mol. The van der Waals surface area contributed by atoms with Crippen LogP contribution in [0.5, 0.6) is 0 Å². The molecule has 0 spiro atoms. The minimum atomic E-state index is 0.265. The molecule has 0 amide bonds. The van der Waals surface area contributed by atoms with Crippen LogP contribution in [-0.2, 0) is 0 Å². The molecule has 1 N–H and O–H groups in total. The zero-order valence-electron chi connectivity index (χ0n) is 11.5. The Balaban J connectivity index is 2.11. The Bertz CT molecular complexity index is 514. The van der Waals surface area contributed by atoms with Gasteiger partial charge in [-0.3, -0.25) is 4.68 Å². The van der Waals surface area contributed by atoms with Gasteiger partial charge in [0.2, 0.25) is 0 Å². The van der Waals surface area contributed by atoms with Gasteiger partial charge < -0.3 is 5.32 Å². The molecule has 96 valence electrons. The van der Waals surface area contributed by atoms with Crippen molar-refractivity contribution in [2.45, 2.75) is 39.8 Å². The van der Waals surface area contributed by atoms with Crippen LogP contribution in [0.1, 0.15) is 44.0 Å². The van der Waals surface area contributed by atoms with Gasteiger partial charge in [-0.2, -0.15) is 5.10 Å². The number of nitrogens with one attached hydrogen (secondary N) is 1. The summed E-state index contributed by atoms with van der Waals surface area (Å²) in [5.74, 6) is 0.930. The predicted octanol–water partition coefficient (Wildman–Crippen LogP) is 3.95. The summed E-state index contributed by atoms with van der Waals surface area (Å²) >= 11 is 0. The lowest BCUT2D eigenvalue weighted by atomic mass is 10.0. The topological polar surface area (TPSA) is 29.9 Å². The molecule has 0 aliphatic carbocycles. The fraction of sp³-hybridized carbons (Fsp3) is 0.400. The van der Waals surface area contributed by atoms with Crippen molar-refractivity contribution >= 4 is 5.82 Å². The van der Waals surface area contributed by atoms with Crippen molar-refractivity contribution in [3.63, 3.8) is 0 Å². The maximum Gasteiger partial charge on any atom is 0.148 e. The van der Waals surface area contributed by atoms with E-state index >= 15 is 0 Å². The molecule has 18 heavy (non-hydrogen) atoms. The van der Waals surface area contributed by atoms with E-state index in [0.29, 0.717) is 6.04 Å². The number of hydrogen-bond donors (Lipinski definition) is 1. The molecule has 1 heterocycles. The highest BCUT2D eigenvalue weighted by Crippen LogP contribution is 2.21. The lowest BCUT2D eigenvalue weighted by Crippen LogP contribution is -2.09. The molecule has 0 radical (unpaired) electrons. The highest BCUT2D eigenvalue weighted by Gasteiger charge is 2.09. The molecule has 1 unspecified atom stereocenters. The molecule has 0 aliphatic rings. The number of rotatable bonds is 4. The Morgan fingerprint density at radius 3 is 2.44 bits per heavy atom. The van der Waals surface area contributed by atoms with Gasteiger partial charge in [-0.25, -0.2) is 0 Å². The van der Waals surface area contributed by atoms with Gasteiger partial charge in [0, 0.05) is 18.3 Å². The summed E-state index contributed by atoms with van der Waals surface area (Å²) in [6.45, 7) is 8.56. The average Bonchev–Trinajstić information content (AvgIpc) is 2.78. The minimum absolute atomic E-state index is 0.265. The SMILES string of the molecule is Cc1ccccc1C(C)Nc1ccn(C(C)C)n1. The van der Waals surface area contributed by atoms with Gasteiger partial charge in [0.05, 0.1) is 6.04 Å². The monoisotopic (exact) mass is 243 g/mol. The fourth-order valence-corrected chi connectivity index (χ4v) is 2.07. The summed E-state index contributed by atoms with van der Waals surface area (Å²) in [5.41, 5.74) is 2.62. The van der Waals surface area contributed by atoms with E-state index in [4.69, 9.17) is 0 Å². The summed E-state index contributed by atoms with van der Waals surface area (Å²) < 4.78 is 1.97. The third-order valence-electron chi connectivity index (χ3n) is 3.16. The summed E-state index contributed by atoms with van der Waals surface area (Å²) in [6, 6.07) is 11.1. The summed E-state index contributed by atoms with van der Waals surface area (Å²) in [7, 11) is 0. The molecule has 3 nitrogen and oxygen atoms in total. The molecule has 0 saturated carbocycles. The summed E-state index contributed by atoms with van der Waals surface area (Å²) in [5, 5.41) is 7.95. The van der Waals surface area contributed by atoms with Crippen LogP contribution in [0, 0.1) is 6.92 Å². The lowest BCUT2D eigenvalue weighted by molar-refractivity contribution is 0.533. The van der Waals surface area contributed by atoms with Crippen molar-refractivity contribution in [1.82, 2.24) is 9.78 Å². The van der Waals surface area contributed by atoms with E-state index in [0.717, 1.165) is 5.82 Å². The van der Waals surface area contributed by atoms with E-state index in [1.54, 1.807) is 0 Å². The van der Waals surface area contributed by atoms with Gasteiger partial charge in [-0.05, 0) is 38.8 Å². The van der Waals surface area contributed by atoms with E-state index in [-0.39, 0.29) is 6.04 Å². The van der Waals surface area contributed by atoms with Gasteiger partial charge in [0.1, 0.15) is 5.82 Å². The van der Waals surface area contributed by atoms with Gasteiger partial charge in [-0.1, -0.05) is 24.3 Å². The highest BCUT2D eigenvalue weighted by atomic mass is 15.3. The molecule has 3 heteroatoms. The number of benzene rings is 1. The first kappa shape index (κ1) is 12.7. The third kappa shape index (κ3) is 2.73. The van der Waals surface area contributed by atoms with Gasteiger partial charge >= 0.3 is 0 Å². The van der Waals surface area contributed by atoms with Crippen molar-refractivity contribution in [1.29, 1.82) is 0 Å². The molecular weight excluding hydrogens is 222 g/mol. The lowest BCUT2D eigenvalue weighted by Gasteiger charge is -2.16. The second kappa shape index (κ2) is 5.25. The summed E-state index contributed by atoms with van der Waals surface area (Å²) in [4.78, 5) is 0.